The quantitative estimate of drug-likeness (QED) is 0.353. The number of rotatable bonds is 7. The number of nitrogens with one attached hydrogen (secondary N) is 1. The number of carbonyl (C=O) groups excluding carboxylic acids is 1. The average molecular weight is 485 g/mol. The van der Waals surface area contributed by atoms with Crippen molar-refractivity contribution in [3.63, 3.8) is 0 Å². The van der Waals surface area contributed by atoms with Gasteiger partial charge in [-0.3, -0.25) is 4.79 Å². The van der Waals surface area contributed by atoms with Crippen molar-refractivity contribution in [2.45, 2.75) is 39.5 Å². The van der Waals surface area contributed by atoms with E-state index in [0.29, 0.717) is 31.8 Å². The van der Waals surface area contributed by atoms with Crippen LogP contribution in [0, 0.1) is 12.7 Å². The van der Waals surface area contributed by atoms with Crippen LogP contribution in [0.2, 0.25) is 0 Å². The zero-order chi connectivity index (χ0) is 25.1. The highest BCUT2D eigenvalue weighted by molar-refractivity contribution is 5.82. The van der Waals surface area contributed by atoms with Crippen LogP contribution in [0.15, 0.2) is 78.9 Å². The van der Waals surface area contributed by atoms with Crippen molar-refractivity contribution >= 4 is 17.4 Å². The van der Waals surface area contributed by atoms with Crippen LogP contribution in [0.5, 0.6) is 5.75 Å². The molecule has 0 bridgehead atoms. The zero-order valence-corrected chi connectivity index (χ0v) is 20.4. The molecule has 3 aromatic carbocycles. The number of carbonyl (C=O) groups is 1. The molecular weight excluding hydrogens is 455 g/mol. The first kappa shape index (κ1) is 23.6. The Morgan fingerprint density at radius 3 is 2.44 bits per heavy atom. The van der Waals surface area contributed by atoms with Crippen molar-refractivity contribution < 1.29 is 13.9 Å². The molecule has 0 saturated heterocycles. The molecule has 1 N–H and O–H groups in total. The maximum Gasteiger partial charge on any atom is 0.264 e. The molecule has 0 aliphatic carbocycles. The number of anilines is 2. The fourth-order valence-electron chi connectivity index (χ4n) is 4.40. The molecule has 0 saturated carbocycles. The molecular formula is C29H29FN4O2. The van der Waals surface area contributed by atoms with Gasteiger partial charge in [0.25, 0.3) is 5.91 Å². The van der Waals surface area contributed by atoms with Gasteiger partial charge in [0.2, 0.25) is 0 Å². The predicted octanol–water partition coefficient (Wildman–Crippen LogP) is 5.94. The van der Waals surface area contributed by atoms with Gasteiger partial charge < -0.3 is 19.5 Å². The second-order valence-electron chi connectivity index (χ2n) is 8.96. The summed E-state index contributed by atoms with van der Waals surface area (Å²) in [7, 11) is 0. The summed E-state index contributed by atoms with van der Waals surface area (Å²) in [5.41, 5.74) is 3.65. The Bertz CT molecular complexity index is 1330. The van der Waals surface area contributed by atoms with Crippen LogP contribution in [-0.4, -0.2) is 33.0 Å². The predicted molar refractivity (Wildman–Crippen MR) is 139 cm³/mol. The Balaban J connectivity index is 1.43. The third kappa shape index (κ3) is 4.96. The number of halogens is 1. The standard InChI is InChI=1S/C29H29FN4O2/c1-3-25(36-24-7-5-4-6-8-24)29(35)33-17-18-34-26(19-33)32-27(21-11-13-22(30)14-12-21)28(34)31-23-15-9-20(2)10-16-23/h4-16,25,31H,3,17-19H2,1-2H3. The van der Waals surface area contributed by atoms with Crippen LogP contribution in [0.3, 0.4) is 0 Å². The second-order valence-corrected chi connectivity index (χ2v) is 8.96. The van der Waals surface area contributed by atoms with Gasteiger partial charge in [-0.15, -0.1) is 0 Å². The van der Waals surface area contributed by atoms with E-state index in [9.17, 15) is 9.18 Å². The van der Waals surface area contributed by atoms with Gasteiger partial charge in [-0.05, 0) is 61.9 Å². The Labute approximate surface area is 210 Å². The van der Waals surface area contributed by atoms with E-state index in [1.165, 1.54) is 17.7 Å². The largest absolute Gasteiger partial charge is 0.481 e. The number of amides is 1. The fourth-order valence-corrected chi connectivity index (χ4v) is 4.40. The smallest absolute Gasteiger partial charge is 0.264 e. The van der Waals surface area contributed by atoms with Gasteiger partial charge in [-0.1, -0.05) is 42.8 Å². The van der Waals surface area contributed by atoms with E-state index in [1.54, 1.807) is 12.1 Å². The number of hydrogen-bond donors (Lipinski definition) is 1. The number of imidazole rings is 1. The third-order valence-electron chi connectivity index (χ3n) is 6.38. The first-order valence-electron chi connectivity index (χ1n) is 12.2. The molecule has 36 heavy (non-hydrogen) atoms. The number of ether oxygens (including phenoxy) is 1. The molecule has 1 amide bonds. The number of fused-ring (bicyclic) bond motifs is 1. The normalized spacial score (nSPS) is 13.7. The number of para-hydroxylation sites is 1. The van der Waals surface area contributed by atoms with Crippen molar-refractivity contribution in [2.75, 3.05) is 11.9 Å². The van der Waals surface area contributed by atoms with E-state index >= 15 is 0 Å². The van der Waals surface area contributed by atoms with Crippen LogP contribution in [0.4, 0.5) is 15.9 Å². The molecule has 6 nitrogen and oxygen atoms in total. The van der Waals surface area contributed by atoms with E-state index in [1.807, 2.05) is 73.3 Å². The molecule has 1 atom stereocenters. The lowest BCUT2D eigenvalue weighted by Gasteiger charge is -2.31. The summed E-state index contributed by atoms with van der Waals surface area (Å²) in [6.07, 6.45) is 0.00958. The maximum atomic E-state index is 13.6. The number of nitrogens with zero attached hydrogens (tertiary/aromatic N) is 3. The minimum atomic E-state index is -0.560. The molecule has 1 aliphatic heterocycles. The highest BCUT2D eigenvalue weighted by Gasteiger charge is 2.31. The van der Waals surface area contributed by atoms with Gasteiger partial charge >= 0.3 is 0 Å². The molecule has 184 valence electrons. The molecule has 5 rings (SSSR count). The van der Waals surface area contributed by atoms with Gasteiger partial charge in [0, 0.05) is 24.3 Å². The number of benzene rings is 3. The molecule has 0 fully saturated rings. The van der Waals surface area contributed by atoms with Crippen molar-refractivity contribution in [1.29, 1.82) is 0 Å². The molecule has 1 aromatic heterocycles. The molecule has 7 heteroatoms. The Morgan fingerprint density at radius 1 is 1.03 bits per heavy atom. The SMILES string of the molecule is CCC(Oc1ccccc1)C(=O)N1CCn2c(nc(-c3ccc(F)cc3)c2Nc2ccc(C)cc2)C1. The average Bonchev–Trinajstić information content (AvgIpc) is 3.26. The van der Waals surface area contributed by atoms with Gasteiger partial charge in [0.15, 0.2) is 6.10 Å². The molecule has 2 heterocycles. The van der Waals surface area contributed by atoms with E-state index in [0.717, 1.165) is 28.6 Å². The van der Waals surface area contributed by atoms with Crippen LogP contribution in [0.25, 0.3) is 11.3 Å². The number of aromatic nitrogens is 2. The Morgan fingerprint density at radius 2 is 1.75 bits per heavy atom. The molecule has 1 unspecified atom stereocenters. The zero-order valence-electron chi connectivity index (χ0n) is 20.4. The summed E-state index contributed by atoms with van der Waals surface area (Å²) in [6.45, 7) is 5.50. The lowest BCUT2D eigenvalue weighted by molar-refractivity contribution is -0.140. The van der Waals surface area contributed by atoms with Crippen LogP contribution < -0.4 is 10.1 Å². The molecule has 0 spiro atoms. The fraction of sp³-hybridized carbons (Fsp3) is 0.241. The summed E-state index contributed by atoms with van der Waals surface area (Å²) < 4.78 is 21.7. The second kappa shape index (κ2) is 10.2. The van der Waals surface area contributed by atoms with Crippen LogP contribution in [0.1, 0.15) is 24.7 Å². The number of hydrogen-bond acceptors (Lipinski definition) is 4. The van der Waals surface area contributed by atoms with E-state index < -0.39 is 6.10 Å². The minimum Gasteiger partial charge on any atom is -0.481 e. The highest BCUT2D eigenvalue weighted by Crippen LogP contribution is 2.33. The molecule has 4 aromatic rings. The van der Waals surface area contributed by atoms with Gasteiger partial charge in [0.1, 0.15) is 28.9 Å². The summed E-state index contributed by atoms with van der Waals surface area (Å²) in [6, 6.07) is 23.9. The van der Waals surface area contributed by atoms with Gasteiger partial charge in [-0.25, -0.2) is 9.37 Å². The van der Waals surface area contributed by atoms with Crippen molar-refractivity contribution in [3.8, 4) is 17.0 Å². The summed E-state index contributed by atoms with van der Waals surface area (Å²) in [5, 5.41) is 3.51. The highest BCUT2D eigenvalue weighted by atomic mass is 19.1. The maximum absolute atomic E-state index is 13.6. The van der Waals surface area contributed by atoms with E-state index in [4.69, 9.17) is 9.72 Å². The summed E-state index contributed by atoms with van der Waals surface area (Å²) in [4.78, 5) is 20.1. The first-order valence-corrected chi connectivity index (χ1v) is 12.2. The van der Waals surface area contributed by atoms with E-state index in [2.05, 4.69) is 9.88 Å². The van der Waals surface area contributed by atoms with Crippen LogP contribution >= 0.6 is 0 Å². The Hall–Kier alpha value is -4.13. The molecule has 1 aliphatic rings. The minimum absolute atomic E-state index is 0.0491. The van der Waals surface area contributed by atoms with Gasteiger partial charge in [0.05, 0.1) is 6.54 Å². The monoisotopic (exact) mass is 484 g/mol. The van der Waals surface area contributed by atoms with Crippen molar-refractivity contribution in [2.24, 2.45) is 0 Å². The number of aryl methyl sites for hydroxylation is 1. The Kier molecular flexibility index (Phi) is 6.71. The summed E-state index contributed by atoms with van der Waals surface area (Å²) >= 11 is 0. The van der Waals surface area contributed by atoms with Gasteiger partial charge in [-0.2, -0.15) is 0 Å². The molecule has 0 radical (unpaired) electrons. The summed E-state index contributed by atoms with van der Waals surface area (Å²) in [5.74, 6) is 1.95. The third-order valence-corrected chi connectivity index (χ3v) is 6.38. The topological polar surface area (TPSA) is 59.4 Å². The van der Waals surface area contributed by atoms with E-state index in [-0.39, 0.29) is 11.7 Å². The van der Waals surface area contributed by atoms with Crippen molar-refractivity contribution in [3.05, 3.63) is 96.1 Å². The lowest BCUT2D eigenvalue weighted by Crippen LogP contribution is -2.45. The first-order chi connectivity index (χ1) is 17.5. The lowest BCUT2D eigenvalue weighted by atomic mass is 10.1. The van der Waals surface area contributed by atoms with Crippen molar-refractivity contribution in [1.82, 2.24) is 14.5 Å². The van der Waals surface area contributed by atoms with Crippen LogP contribution in [-0.2, 0) is 17.9 Å².